The van der Waals surface area contributed by atoms with Gasteiger partial charge < -0.3 is 43.2 Å². The first-order valence-electron chi connectivity index (χ1n) is 14.8. The van der Waals surface area contributed by atoms with Crippen LogP contribution in [0.3, 0.4) is 0 Å². The Labute approximate surface area is 259 Å². The van der Waals surface area contributed by atoms with E-state index < -0.39 is 6.09 Å². The third-order valence-corrected chi connectivity index (χ3v) is 7.56. The summed E-state index contributed by atoms with van der Waals surface area (Å²) >= 11 is 0. The minimum absolute atomic E-state index is 0.0199. The van der Waals surface area contributed by atoms with Crippen molar-refractivity contribution in [1.29, 1.82) is 0 Å². The molecule has 1 amide bonds. The molecule has 0 bridgehead atoms. The number of carboxylic acid groups (broad SMARTS) is 1. The summed E-state index contributed by atoms with van der Waals surface area (Å²) in [6.45, 7) is 3.36. The zero-order chi connectivity index (χ0) is 31.1. The molecule has 1 heterocycles. The van der Waals surface area contributed by atoms with Crippen LogP contribution < -0.4 is 18.9 Å². The number of piperidine rings is 1. The fourth-order valence-corrected chi connectivity index (χ4v) is 5.23. The third-order valence-electron chi connectivity index (χ3n) is 7.56. The van der Waals surface area contributed by atoms with E-state index in [9.17, 15) is 9.90 Å². The Kier molecular flexibility index (Phi) is 13.0. The topological polar surface area (TPSA) is 105 Å². The van der Waals surface area contributed by atoms with Gasteiger partial charge in [0.05, 0.1) is 59.9 Å². The number of rotatable bonds is 17. The van der Waals surface area contributed by atoms with Gasteiger partial charge in [-0.2, -0.15) is 0 Å². The molecule has 238 valence electrons. The molecule has 2 atom stereocenters. The summed E-state index contributed by atoms with van der Waals surface area (Å²) in [5.41, 5.74) is 2.92. The van der Waals surface area contributed by atoms with Gasteiger partial charge in [0.25, 0.3) is 0 Å². The molecule has 1 fully saturated rings. The number of amides is 1. The van der Waals surface area contributed by atoms with Crippen LogP contribution in [0.4, 0.5) is 4.79 Å². The van der Waals surface area contributed by atoms with E-state index in [1.165, 1.54) is 4.90 Å². The summed E-state index contributed by atoms with van der Waals surface area (Å²) in [6, 6.07) is 21.4. The molecule has 0 saturated carbocycles. The van der Waals surface area contributed by atoms with Crippen molar-refractivity contribution in [2.45, 2.75) is 38.1 Å². The second-order valence-corrected chi connectivity index (χ2v) is 10.4. The van der Waals surface area contributed by atoms with Gasteiger partial charge in [-0.1, -0.05) is 42.5 Å². The average Bonchev–Trinajstić information content (AvgIpc) is 3.06. The number of ether oxygens (including phenoxy) is 7. The molecule has 44 heavy (non-hydrogen) atoms. The monoisotopic (exact) mass is 609 g/mol. The number of benzene rings is 3. The molecule has 4 rings (SSSR count). The van der Waals surface area contributed by atoms with Crippen molar-refractivity contribution in [2.24, 2.45) is 0 Å². The fourth-order valence-electron chi connectivity index (χ4n) is 5.23. The van der Waals surface area contributed by atoms with E-state index in [4.69, 9.17) is 33.2 Å². The van der Waals surface area contributed by atoms with E-state index in [-0.39, 0.29) is 25.2 Å². The molecule has 1 aliphatic rings. The summed E-state index contributed by atoms with van der Waals surface area (Å²) < 4.78 is 40.1. The van der Waals surface area contributed by atoms with Crippen molar-refractivity contribution in [1.82, 2.24) is 4.90 Å². The van der Waals surface area contributed by atoms with Crippen LogP contribution in [0.1, 0.15) is 35.4 Å². The smallest absolute Gasteiger partial charge is 0.407 e. The van der Waals surface area contributed by atoms with Crippen molar-refractivity contribution < 1.29 is 43.1 Å². The lowest BCUT2D eigenvalue weighted by Crippen LogP contribution is -2.46. The zero-order valence-electron chi connectivity index (χ0n) is 25.7. The summed E-state index contributed by atoms with van der Waals surface area (Å²) in [4.78, 5) is 13.2. The largest absolute Gasteiger partial charge is 0.496 e. The lowest BCUT2D eigenvalue weighted by molar-refractivity contribution is -0.0208. The van der Waals surface area contributed by atoms with Crippen LogP contribution in [-0.2, 0) is 27.4 Å². The molecule has 3 aromatic rings. The van der Waals surface area contributed by atoms with Gasteiger partial charge in [-0.15, -0.1) is 0 Å². The fraction of sp³-hybridized carbons (Fsp3) is 0.441. The van der Waals surface area contributed by atoms with Crippen LogP contribution in [0.25, 0.3) is 0 Å². The Bertz CT molecular complexity index is 1300. The van der Waals surface area contributed by atoms with Gasteiger partial charge in [-0.05, 0) is 36.2 Å². The maximum absolute atomic E-state index is 11.8. The molecular weight excluding hydrogens is 566 g/mol. The van der Waals surface area contributed by atoms with Crippen molar-refractivity contribution >= 4 is 6.09 Å². The van der Waals surface area contributed by atoms with Crippen LogP contribution in [0.5, 0.6) is 23.0 Å². The molecule has 0 spiro atoms. The summed E-state index contributed by atoms with van der Waals surface area (Å²) in [6.07, 6.45) is 0.112. The zero-order valence-corrected chi connectivity index (χ0v) is 25.7. The third kappa shape index (κ3) is 9.25. The predicted octanol–water partition coefficient (Wildman–Crippen LogP) is 5.77. The first-order chi connectivity index (χ1) is 21.5. The number of hydrogen-bond acceptors (Lipinski definition) is 8. The number of hydrogen-bond donors (Lipinski definition) is 1. The molecule has 3 aromatic carbocycles. The van der Waals surface area contributed by atoms with E-state index in [0.29, 0.717) is 57.5 Å². The van der Waals surface area contributed by atoms with Crippen molar-refractivity contribution in [2.75, 3.05) is 60.8 Å². The Morgan fingerprint density at radius 2 is 1.57 bits per heavy atom. The molecular formula is C34H43NO9. The van der Waals surface area contributed by atoms with Gasteiger partial charge >= 0.3 is 6.09 Å². The van der Waals surface area contributed by atoms with Crippen LogP contribution in [0, 0.1) is 0 Å². The number of nitrogens with zero attached hydrogens (tertiary/aromatic N) is 1. The standard InChI is InChI=1S/C34H43NO9/c1-38-20-21-43-33-27(9-6-11-31(33)40-3)24-44-32-22-35(34(36)37)17-16-29(32)25-12-14-28(15-13-25)42-19-7-18-41-23-26-8-4-5-10-30(26)39-2/h4-6,8-15,29,32H,7,16-24H2,1-3H3,(H,36,37). The summed E-state index contributed by atoms with van der Waals surface area (Å²) in [7, 11) is 4.87. The second kappa shape index (κ2) is 17.3. The molecule has 1 aliphatic heterocycles. The Morgan fingerprint density at radius 1 is 0.818 bits per heavy atom. The molecule has 0 aliphatic carbocycles. The van der Waals surface area contributed by atoms with E-state index in [0.717, 1.165) is 34.6 Å². The Hall–Kier alpha value is -3.99. The average molecular weight is 610 g/mol. The maximum atomic E-state index is 11.8. The molecule has 0 aromatic heterocycles. The highest BCUT2D eigenvalue weighted by molar-refractivity contribution is 5.65. The molecule has 10 nitrogen and oxygen atoms in total. The van der Waals surface area contributed by atoms with Crippen LogP contribution in [-0.4, -0.2) is 83.1 Å². The van der Waals surface area contributed by atoms with Gasteiger partial charge in [0, 0.05) is 37.1 Å². The van der Waals surface area contributed by atoms with Crippen LogP contribution in [0.15, 0.2) is 66.7 Å². The highest BCUT2D eigenvalue weighted by Gasteiger charge is 2.33. The quantitative estimate of drug-likeness (QED) is 0.191. The highest BCUT2D eigenvalue weighted by atomic mass is 16.5. The number of para-hydroxylation sites is 2. The first kappa shape index (κ1) is 32.9. The van der Waals surface area contributed by atoms with E-state index in [1.807, 2.05) is 66.7 Å². The minimum atomic E-state index is -0.947. The predicted molar refractivity (Wildman–Crippen MR) is 165 cm³/mol. The van der Waals surface area contributed by atoms with Gasteiger partial charge in [0.2, 0.25) is 0 Å². The van der Waals surface area contributed by atoms with Crippen molar-refractivity contribution in [3.8, 4) is 23.0 Å². The SMILES string of the molecule is COCCOc1c(COC2CN(C(=O)O)CCC2c2ccc(OCCCOCc3ccccc3OC)cc2)cccc1OC. The Morgan fingerprint density at radius 3 is 2.32 bits per heavy atom. The van der Waals surface area contributed by atoms with Gasteiger partial charge in [-0.25, -0.2) is 4.79 Å². The van der Waals surface area contributed by atoms with Crippen LogP contribution in [0.2, 0.25) is 0 Å². The van der Waals surface area contributed by atoms with Gasteiger partial charge in [-0.3, -0.25) is 0 Å². The second-order valence-electron chi connectivity index (χ2n) is 10.4. The van der Waals surface area contributed by atoms with E-state index in [1.54, 1.807) is 21.3 Å². The molecule has 2 unspecified atom stereocenters. The van der Waals surface area contributed by atoms with E-state index >= 15 is 0 Å². The molecule has 0 radical (unpaired) electrons. The lowest BCUT2D eigenvalue weighted by atomic mass is 9.87. The lowest BCUT2D eigenvalue weighted by Gasteiger charge is -2.37. The van der Waals surface area contributed by atoms with E-state index in [2.05, 4.69) is 0 Å². The van der Waals surface area contributed by atoms with Crippen molar-refractivity contribution in [3.63, 3.8) is 0 Å². The molecule has 10 heteroatoms. The first-order valence-corrected chi connectivity index (χ1v) is 14.8. The number of likely N-dealkylation sites (tertiary alicyclic amines) is 1. The normalized spacial score (nSPS) is 16.4. The minimum Gasteiger partial charge on any atom is -0.496 e. The van der Waals surface area contributed by atoms with Crippen LogP contribution >= 0.6 is 0 Å². The molecule has 1 N–H and O–H groups in total. The summed E-state index contributed by atoms with van der Waals surface area (Å²) in [5.74, 6) is 2.82. The summed E-state index contributed by atoms with van der Waals surface area (Å²) in [5, 5.41) is 9.68. The number of methoxy groups -OCH3 is 3. The highest BCUT2D eigenvalue weighted by Crippen LogP contribution is 2.35. The van der Waals surface area contributed by atoms with Crippen molar-refractivity contribution in [3.05, 3.63) is 83.4 Å². The van der Waals surface area contributed by atoms with Gasteiger partial charge in [0.15, 0.2) is 11.5 Å². The Balaban J connectivity index is 1.32. The maximum Gasteiger partial charge on any atom is 0.407 e. The van der Waals surface area contributed by atoms with Gasteiger partial charge in [0.1, 0.15) is 18.1 Å². The number of carbonyl (C=O) groups is 1. The molecule has 1 saturated heterocycles.